The molecule has 0 aromatic rings. The summed E-state index contributed by atoms with van der Waals surface area (Å²) in [6, 6.07) is 0. The molecule has 0 aromatic carbocycles. The fraction of sp³-hybridized carbons (Fsp3) is 0.444. The Balaban J connectivity index is 5.14. The van der Waals surface area contributed by atoms with Gasteiger partial charge in [-0.1, -0.05) is 6.58 Å². The predicted molar refractivity (Wildman–Crippen MR) is 54.2 cm³/mol. The Morgan fingerprint density at radius 2 is 1.93 bits per heavy atom. The van der Waals surface area contributed by atoms with Gasteiger partial charge in [-0.15, -0.1) is 0 Å². The Morgan fingerprint density at radius 3 is 2.21 bits per heavy atom. The molecule has 80 valence electrons. The molecular formula is C9H15F2N3. The highest BCUT2D eigenvalue weighted by Crippen LogP contribution is 2.11. The number of alkyl halides is 2. The number of nitrogens with one attached hydrogen (secondary N) is 1. The van der Waals surface area contributed by atoms with Crippen LogP contribution in [0.4, 0.5) is 8.78 Å². The molecule has 0 saturated carbocycles. The molecule has 3 nitrogen and oxygen atoms in total. The summed E-state index contributed by atoms with van der Waals surface area (Å²) in [4.78, 5) is 3.50. The Bertz CT molecular complexity index is 280. The van der Waals surface area contributed by atoms with Gasteiger partial charge in [0, 0.05) is 12.7 Å². The van der Waals surface area contributed by atoms with Crippen LogP contribution in [0.15, 0.2) is 28.7 Å². The minimum Gasteiger partial charge on any atom is -0.391 e. The number of rotatable bonds is 4. The SMILES string of the molecule is C=C(N)N=C(/C(C)=C(\C)NC)C(F)F. The van der Waals surface area contributed by atoms with Crippen LogP contribution in [0.5, 0.6) is 0 Å². The highest BCUT2D eigenvalue weighted by atomic mass is 19.3. The zero-order valence-corrected chi connectivity index (χ0v) is 8.56. The summed E-state index contributed by atoms with van der Waals surface area (Å²) >= 11 is 0. The van der Waals surface area contributed by atoms with Gasteiger partial charge in [0.1, 0.15) is 11.5 Å². The van der Waals surface area contributed by atoms with Crippen LogP contribution in [0.25, 0.3) is 0 Å². The van der Waals surface area contributed by atoms with Crippen molar-refractivity contribution in [3.63, 3.8) is 0 Å². The first kappa shape index (κ1) is 12.6. The molecule has 0 aliphatic carbocycles. The van der Waals surface area contributed by atoms with Crippen molar-refractivity contribution in [1.29, 1.82) is 0 Å². The third-order valence-corrected chi connectivity index (χ3v) is 1.79. The van der Waals surface area contributed by atoms with Crippen molar-refractivity contribution in [2.75, 3.05) is 7.05 Å². The van der Waals surface area contributed by atoms with Crippen LogP contribution in [0.3, 0.4) is 0 Å². The first-order valence-electron chi connectivity index (χ1n) is 4.06. The van der Waals surface area contributed by atoms with Crippen molar-refractivity contribution in [1.82, 2.24) is 5.32 Å². The van der Waals surface area contributed by atoms with Gasteiger partial charge in [-0.25, -0.2) is 13.8 Å². The van der Waals surface area contributed by atoms with Gasteiger partial charge in [-0.2, -0.15) is 0 Å². The minimum atomic E-state index is -2.65. The molecule has 0 radical (unpaired) electrons. The number of hydrogen-bond donors (Lipinski definition) is 2. The maximum Gasteiger partial charge on any atom is 0.280 e. The number of aliphatic imine (C=N–C) groups is 1. The molecule has 3 N–H and O–H groups in total. The van der Waals surface area contributed by atoms with E-state index in [4.69, 9.17) is 5.73 Å². The summed E-state index contributed by atoms with van der Waals surface area (Å²) in [5.74, 6) is -0.122. The van der Waals surface area contributed by atoms with Gasteiger partial charge in [-0.05, 0) is 19.4 Å². The average Bonchev–Trinajstić information content (AvgIpc) is 2.11. The molecular weight excluding hydrogens is 188 g/mol. The molecule has 0 aromatic heterocycles. The van der Waals surface area contributed by atoms with Gasteiger partial charge in [0.05, 0.1) is 0 Å². The van der Waals surface area contributed by atoms with E-state index in [2.05, 4.69) is 16.9 Å². The van der Waals surface area contributed by atoms with Crippen LogP contribution in [-0.2, 0) is 0 Å². The monoisotopic (exact) mass is 203 g/mol. The van der Waals surface area contributed by atoms with Crippen molar-refractivity contribution in [3.8, 4) is 0 Å². The lowest BCUT2D eigenvalue weighted by atomic mass is 10.1. The molecule has 0 rings (SSSR count). The van der Waals surface area contributed by atoms with Crippen LogP contribution < -0.4 is 11.1 Å². The first-order valence-corrected chi connectivity index (χ1v) is 4.06. The lowest BCUT2D eigenvalue weighted by molar-refractivity contribution is 0.226. The largest absolute Gasteiger partial charge is 0.391 e. The van der Waals surface area contributed by atoms with Gasteiger partial charge in [0.15, 0.2) is 0 Å². The minimum absolute atomic E-state index is 0.122. The molecule has 14 heavy (non-hydrogen) atoms. The lowest BCUT2D eigenvalue weighted by Gasteiger charge is -2.09. The molecule has 0 spiro atoms. The Labute approximate surface area is 82.4 Å². The second-order valence-electron chi connectivity index (χ2n) is 2.79. The first-order chi connectivity index (χ1) is 6.40. The second-order valence-corrected chi connectivity index (χ2v) is 2.79. The number of nitrogens with zero attached hydrogens (tertiary/aromatic N) is 1. The molecule has 5 heteroatoms. The van der Waals surface area contributed by atoms with Gasteiger partial charge in [-0.3, -0.25) is 0 Å². The molecule has 0 amide bonds. The third-order valence-electron chi connectivity index (χ3n) is 1.79. The van der Waals surface area contributed by atoms with Gasteiger partial charge >= 0.3 is 0 Å². The molecule has 0 fully saturated rings. The summed E-state index contributed by atoms with van der Waals surface area (Å²) in [7, 11) is 1.65. The van der Waals surface area contributed by atoms with Crippen LogP contribution in [0.1, 0.15) is 13.8 Å². The van der Waals surface area contributed by atoms with E-state index in [1.54, 1.807) is 20.9 Å². The molecule has 0 atom stereocenters. The molecule has 0 aliphatic rings. The average molecular weight is 203 g/mol. The van der Waals surface area contributed by atoms with Crippen LogP contribution in [0, 0.1) is 0 Å². The zero-order valence-electron chi connectivity index (χ0n) is 8.56. The van der Waals surface area contributed by atoms with E-state index in [9.17, 15) is 8.78 Å². The maximum absolute atomic E-state index is 12.5. The summed E-state index contributed by atoms with van der Waals surface area (Å²) in [6.45, 7) is 6.50. The van der Waals surface area contributed by atoms with Crippen LogP contribution in [0.2, 0.25) is 0 Å². The number of nitrogens with two attached hydrogens (primary N) is 1. The van der Waals surface area contributed by atoms with Crippen molar-refractivity contribution in [3.05, 3.63) is 23.7 Å². The third kappa shape index (κ3) is 3.55. The number of hydrogen-bond acceptors (Lipinski definition) is 3. The molecule has 0 heterocycles. The molecule has 0 bridgehead atoms. The van der Waals surface area contributed by atoms with E-state index >= 15 is 0 Å². The van der Waals surface area contributed by atoms with Gasteiger partial charge in [0.25, 0.3) is 6.43 Å². The van der Waals surface area contributed by atoms with E-state index in [1.807, 2.05) is 0 Å². The van der Waals surface area contributed by atoms with Crippen molar-refractivity contribution >= 4 is 5.71 Å². The van der Waals surface area contributed by atoms with Crippen LogP contribution >= 0.6 is 0 Å². The van der Waals surface area contributed by atoms with E-state index in [1.165, 1.54) is 0 Å². The lowest BCUT2D eigenvalue weighted by Crippen LogP contribution is -2.18. The van der Waals surface area contributed by atoms with Crippen molar-refractivity contribution < 1.29 is 8.78 Å². The second kappa shape index (κ2) is 5.36. The summed E-state index contributed by atoms with van der Waals surface area (Å²) in [5.41, 5.74) is 5.82. The fourth-order valence-corrected chi connectivity index (χ4v) is 0.831. The zero-order chi connectivity index (χ0) is 11.3. The van der Waals surface area contributed by atoms with Gasteiger partial charge < -0.3 is 11.1 Å². The standard InChI is InChI=1S/C9H15F2N3/c1-5(6(2)13-4)8(9(10)11)14-7(3)12/h9,13H,3,12H2,1-2,4H3/b6-5+,14-8?. The molecule has 0 unspecified atom stereocenters. The quantitative estimate of drug-likeness (QED) is 0.682. The highest BCUT2D eigenvalue weighted by Gasteiger charge is 2.16. The smallest absolute Gasteiger partial charge is 0.280 e. The predicted octanol–water partition coefficient (Wildman–Crippen LogP) is 1.64. The summed E-state index contributed by atoms with van der Waals surface area (Å²) in [5, 5.41) is 2.77. The van der Waals surface area contributed by atoms with Crippen molar-refractivity contribution in [2.24, 2.45) is 10.7 Å². The Hall–Kier alpha value is -1.39. The summed E-state index contributed by atoms with van der Waals surface area (Å²) < 4.78 is 25.0. The fourth-order valence-electron chi connectivity index (χ4n) is 0.831. The topological polar surface area (TPSA) is 50.4 Å². The Kier molecular flexibility index (Phi) is 4.83. The number of allylic oxidation sites excluding steroid dienone is 2. The molecule has 0 saturated heterocycles. The normalized spacial score (nSPS) is 14.0. The number of halogens is 2. The molecule has 0 aliphatic heterocycles. The van der Waals surface area contributed by atoms with Gasteiger partial charge in [0.2, 0.25) is 0 Å². The maximum atomic E-state index is 12.5. The van der Waals surface area contributed by atoms with Crippen molar-refractivity contribution in [2.45, 2.75) is 20.3 Å². The van der Waals surface area contributed by atoms with E-state index in [0.717, 1.165) is 0 Å². The van der Waals surface area contributed by atoms with E-state index < -0.39 is 6.43 Å². The van der Waals surface area contributed by atoms with E-state index in [-0.39, 0.29) is 11.5 Å². The highest BCUT2D eigenvalue weighted by molar-refractivity contribution is 6.03. The van der Waals surface area contributed by atoms with Crippen LogP contribution in [-0.4, -0.2) is 19.2 Å². The summed E-state index contributed by atoms with van der Waals surface area (Å²) in [6.07, 6.45) is -2.65. The van der Waals surface area contributed by atoms with E-state index in [0.29, 0.717) is 11.3 Å². The Morgan fingerprint density at radius 1 is 1.43 bits per heavy atom.